The normalized spacial score (nSPS) is 22.6. The van der Waals surface area contributed by atoms with Crippen LogP contribution < -0.4 is 4.74 Å². The maximum Gasteiger partial charge on any atom is 0.127 e. The zero-order valence-corrected chi connectivity index (χ0v) is 13.2. The molecule has 2 nitrogen and oxygen atoms in total. The van der Waals surface area contributed by atoms with E-state index in [2.05, 4.69) is 11.0 Å². The summed E-state index contributed by atoms with van der Waals surface area (Å²) in [6, 6.07) is 4.11. The Kier molecular flexibility index (Phi) is 4.75. The molecule has 0 amide bonds. The highest BCUT2D eigenvalue weighted by Gasteiger charge is 2.23. The first-order valence-corrected chi connectivity index (χ1v) is 8.40. The lowest BCUT2D eigenvalue weighted by Gasteiger charge is -2.32. The van der Waals surface area contributed by atoms with Crippen molar-refractivity contribution in [2.45, 2.75) is 32.2 Å². The van der Waals surface area contributed by atoms with E-state index in [0.717, 1.165) is 55.1 Å². The number of hydrogen-bond acceptors (Lipinski definition) is 2. The van der Waals surface area contributed by atoms with E-state index in [4.69, 9.17) is 27.9 Å². The standard InChI is InChI=1S/C16H21Cl2NO/c17-5-3-12-2-1-6-19(10-12)11-14-9-15(18)8-13-4-7-20-16(13)14/h8-9,12H,1-7,10-11H2. The number of alkyl halides is 1. The second-order valence-corrected chi connectivity index (χ2v) is 6.69. The minimum atomic E-state index is 0.745. The average molecular weight is 314 g/mol. The van der Waals surface area contributed by atoms with Gasteiger partial charge in [-0.25, -0.2) is 0 Å². The molecule has 2 heterocycles. The van der Waals surface area contributed by atoms with Gasteiger partial charge in [-0.2, -0.15) is 0 Å². The molecule has 3 rings (SSSR count). The SMILES string of the molecule is ClCCC1CCCN(Cc2cc(Cl)cc3c2OCC3)C1. The Morgan fingerprint density at radius 3 is 3.10 bits per heavy atom. The molecule has 2 aliphatic rings. The van der Waals surface area contributed by atoms with Crippen molar-refractivity contribution in [1.82, 2.24) is 4.90 Å². The minimum Gasteiger partial charge on any atom is -0.493 e. The first-order valence-electron chi connectivity index (χ1n) is 7.48. The van der Waals surface area contributed by atoms with Crippen LogP contribution in [0.3, 0.4) is 0 Å². The van der Waals surface area contributed by atoms with Crippen LogP contribution in [-0.2, 0) is 13.0 Å². The summed E-state index contributed by atoms with van der Waals surface area (Å²) in [6.07, 6.45) is 4.69. The number of fused-ring (bicyclic) bond motifs is 1. The molecule has 20 heavy (non-hydrogen) atoms. The monoisotopic (exact) mass is 313 g/mol. The second kappa shape index (κ2) is 6.55. The molecule has 0 bridgehead atoms. The van der Waals surface area contributed by atoms with Gasteiger partial charge < -0.3 is 4.74 Å². The Bertz CT molecular complexity index is 476. The summed E-state index contributed by atoms with van der Waals surface area (Å²) in [5, 5.41) is 0.832. The fourth-order valence-electron chi connectivity index (χ4n) is 3.39. The molecule has 1 saturated heterocycles. The van der Waals surface area contributed by atoms with Gasteiger partial charge in [0.05, 0.1) is 6.61 Å². The Balaban J connectivity index is 1.71. The molecule has 0 saturated carbocycles. The fourth-order valence-corrected chi connectivity index (χ4v) is 3.96. The molecule has 1 fully saturated rings. The predicted molar refractivity (Wildman–Crippen MR) is 84.0 cm³/mol. The largest absolute Gasteiger partial charge is 0.493 e. The van der Waals surface area contributed by atoms with Gasteiger partial charge in [0.15, 0.2) is 0 Å². The van der Waals surface area contributed by atoms with Crippen molar-refractivity contribution in [2.75, 3.05) is 25.6 Å². The lowest BCUT2D eigenvalue weighted by molar-refractivity contribution is 0.163. The third-order valence-electron chi connectivity index (χ3n) is 4.34. The molecular formula is C16H21Cl2NO. The number of likely N-dealkylation sites (tertiary alicyclic amines) is 1. The summed E-state index contributed by atoms with van der Waals surface area (Å²) in [7, 11) is 0. The zero-order valence-electron chi connectivity index (χ0n) is 11.7. The number of rotatable bonds is 4. The second-order valence-electron chi connectivity index (χ2n) is 5.87. The van der Waals surface area contributed by atoms with E-state index in [0.29, 0.717) is 0 Å². The van der Waals surface area contributed by atoms with Crippen LogP contribution in [0.2, 0.25) is 5.02 Å². The molecule has 2 aliphatic heterocycles. The van der Waals surface area contributed by atoms with E-state index in [1.165, 1.54) is 30.5 Å². The van der Waals surface area contributed by atoms with Crippen molar-refractivity contribution in [3.63, 3.8) is 0 Å². The molecule has 1 aromatic rings. The van der Waals surface area contributed by atoms with Gasteiger partial charge in [0.1, 0.15) is 5.75 Å². The van der Waals surface area contributed by atoms with Gasteiger partial charge in [0.2, 0.25) is 0 Å². The third-order valence-corrected chi connectivity index (χ3v) is 4.78. The van der Waals surface area contributed by atoms with E-state index >= 15 is 0 Å². The molecule has 0 radical (unpaired) electrons. The van der Waals surface area contributed by atoms with Crippen LogP contribution in [-0.4, -0.2) is 30.5 Å². The van der Waals surface area contributed by atoms with E-state index in [1.54, 1.807) is 0 Å². The first-order chi connectivity index (χ1) is 9.76. The van der Waals surface area contributed by atoms with Crippen LogP contribution in [0, 0.1) is 5.92 Å². The molecule has 0 N–H and O–H groups in total. The molecule has 110 valence electrons. The minimum absolute atomic E-state index is 0.745. The van der Waals surface area contributed by atoms with Crippen LogP contribution in [0.1, 0.15) is 30.4 Å². The Labute approximate surface area is 131 Å². The third kappa shape index (κ3) is 3.24. The topological polar surface area (TPSA) is 12.5 Å². The van der Waals surface area contributed by atoms with E-state index < -0.39 is 0 Å². The summed E-state index contributed by atoms with van der Waals surface area (Å²) in [5.41, 5.74) is 2.51. The summed E-state index contributed by atoms with van der Waals surface area (Å²) in [5.74, 6) is 2.59. The Morgan fingerprint density at radius 2 is 2.25 bits per heavy atom. The molecule has 0 aliphatic carbocycles. The smallest absolute Gasteiger partial charge is 0.127 e. The van der Waals surface area contributed by atoms with Crippen LogP contribution in [0.25, 0.3) is 0 Å². The number of halogens is 2. The summed E-state index contributed by atoms with van der Waals surface area (Å²) < 4.78 is 5.79. The van der Waals surface area contributed by atoms with Gasteiger partial charge in [-0.3, -0.25) is 4.90 Å². The lowest BCUT2D eigenvalue weighted by atomic mass is 9.95. The van der Waals surface area contributed by atoms with Gasteiger partial charge >= 0.3 is 0 Å². The Morgan fingerprint density at radius 1 is 1.35 bits per heavy atom. The van der Waals surface area contributed by atoms with E-state index in [9.17, 15) is 0 Å². The van der Waals surface area contributed by atoms with Crippen LogP contribution in [0.15, 0.2) is 12.1 Å². The quantitative estimate of drug-likeness (QED) is 0.775. The number of piperidine rings is 1. The highest BCUT2D eigenvalue weighted by atomic mass is 35.5. The summed E-state index contributed by atoms with van der Waals surface area (Å²) in [4.78, 5) is 2.52. The van der Waals surface area contributed by atoms with Gasteiger partial charge in [-0.15, -0.1) is 11.6 Å². The van der Waals surface area contributed by atoms with Crippen LogP contribution in [0.4, 0.5) is 0 Å². The van der Waals surface area contributed by atoms with Crippen molar-refractivity contribution >= 4 is 23.2 Å². The number of nitrogens with zero attached hydrogens (tertiary/aromatic N) is 1. The van der Waals surface area contributed by atoms with Gasteiger partial charge in [-0.1, -0.05) is 11.6 Å². The Hall–Kier alpha value is -0.440. The molecular weight excluding hydrogens is 293 g/mol. The van der Waals surface area contributed by atoms with E-state index in [1.807, 2.05) is 6.07 Å². The molecule has 0 spiro atoms. The van der Waals surface area contributed by atoms with Crippen molar-refractivity contribution in [2.24, 2.45) is 5.92 Å². The van der Waals surface area contributed by atoms with Gasteiger partial charge in [0, 0.05) is 36.0 Å². The van der Waals surface area contributed by atoms with Crippen LogP contribution in [0.5, 0.6) is 5.75 Å². The number of benzene rings is 1. The molecule has 1 unspecified atom stereocenters. The average Bonchev–Trinajstić information content (AvgIpc) is 2.87. The van der Waals surface area contributed by atoms with Crippen molar-refractivity contribution in [3.8, 4) is 5.75 Å². The van der Waals surface area contributed by atoms with Gasteiger partial charge in [-0.05, 0) is 49.4 Å². The zero-order chi connectivity index (χ0) is 13.9. The van der Waals surface area contributed by atoms with Gasteiger partial charge in [0.25, 0.3) is 0 Å². The lowest BCUT2D eigenvalue weighted by Crippen LogP contribution is -2.35. The van der Waals surface area contributed by atoms with Crippen molar-refractivity contribution in [3.05, 3.63) is 28.3 Å². The molecule has 4 heteroatoms. The number of hydrogen-bond donors (Lipinski definition) is 0. The van der Waals surface area contributed by atoms with E-state index in [-0.39, 0.29) is 0 Å². The molecule has 0 aromatic heterocycles. The molecule has 1 atom stereocenters. The summed E-state index contributed by atoms with van der Waals surface area (Å²) in [6.45, 7) is 4.05. The maximum atomic E-state index is 6.23. The number of ether oxygens (including phenoxy) is 1. The molecule has 1 aromatic carbocycles. The van der Waals surface area contributed by atoms with Crippen molar-refractivity contribution < 1.29 is 4.74 Å². The fraction of sp³-hybridized carbons (Fsp3) is 0.625. The maximum absolute atomic E-state index is 6.23. The highest BCUT2D eigenvalue weighted by molar-refractivity contribution is 6.30. The highest BCUT2D eigenvalue weighted by Crippen LogP contribution is 2.34. The van der Waals surface area contributed by atoms with Crippen molar-refractivity contribution in [1.29, 1.82) is 0 Å². The first kappa shape index (κ1) is 14.5. The van der Waals surface area contributed by atoms with Crippen LogP contribution >= 0.6 is 23.2 Å². The summed E-state index contributed by atoms with van der Waals surface area (Å²) >= 11 is 12.1. The predicted octanol–water partition coefficient (Wildman–Crippen LogP) is 4.12.